The summed E-state index contributed by atoms with van der Waals surface area (Å²) < 4.78 is 41.1. The van der Waals surface area contributed by atoms with Crippen LogP contribution in [0.25, 0.3) is 11.1 Å². The number of hydrogen-bond acceptors (Lipinski definition) is 2. The first-order valence-corrected chi connectivity index (χ1v) is 15.5. The second-order valence-corrected chi connectivity index (χ2v) is 12.2. The van der Waals surface area contributed by atoms with Crippen LogP contribution in [0.1, 0.15) is 96.0 Å². The maximum Gasteiger partial charge on any atom is 0.201 e. The molecule has 0 bridgehead atoms. The molecule has 3 fully saturated rings. The second kappa shape index (κ2) is 13.4. The van der Waals surface area contributed by atoms with Gasteiger partial charge in [-0.15, -0.1) is 0 Å². The fourth-order valence-corrected chi connectivity index (χ4v) is 7.45. The number of halogens is 2. The van der Waals surface area contributed by atoms with Crippen molar-refractivity contribution in [3.63, 3.8) is 0 Å². The summed E-state index contributed by atoms with van der Waals surface area (Å²) in [5, 5.41) is 0. The van der Waals surface area contributed by atoms with Gasteiger partial charge in [0.25, 0.3) is 0 Å². The molecule has 4 heteroatoms. The van der Waals surface area contributed by atoms with E-state index in [1.807, 2.05) is 19.1 Å². The van der Waals surface area contributed by atoms with Gasteiger partial charge in [0.2, 0.25) is 5.82 Å². The zero-order chi connectivity index (χ0) is 27.2. The van der Waals surface area contributed by atoms with E-state index in [9.17, 15) is 8.78 Å². The van der Waals surface area contributed by atoms with Crippen molar-refractivity contribution < 1.29 is 18.3 Å². The molecule has 0 radical (unpaired) electrons. The Kier molecular flexibility index (Phi) is 9.76. The third-order valence-electron chi connectivity index (χ3n) is 9.79. The lowest BCUT2D eigenvalue weighted by molar-refractivity contribution is -0.0721. The van der Waals surface area contributed by atoms with Gasteiger partial charge in [0.15, 0.2) is 11.6 Å². The van der Waals surface area contributed by atoms with Crippen molar-refractivity contribution in [1.82, 2.24) is 0 Å². The molecular formula is C35H46F2O2. The van der Waals surface area contributed by atoms with E-state index in [1.165, 1.54) is 75.8 Å². The van der Waals surface area contributed by atoms with E-state index < -0.39 is 11.6 Å². The highest BCUT2D eigenvalue weighted by Crippen LogP contribution is 2.43. The van der Waals surface area contributed by atoms with E-state index in [2.05, 4.69) is 31.2 Å². The Balaban J connectivity index is 1.10. The topological polar surface area (TPSA) is 18.5 Å². The molecule has 2 saturated carbocycles. The highest BCUT2D eigenvalue weighted by molar-refractivity contribution is 5.65. The largest absolute Gasteiger partial charge is 0.490 e. The van der Waals surface area contributed by atoms with Crippen molar-refractivity contribution in [2.24, 2.45) is 23.7 Å². The molecule has 2 atom stereocenters. The third-order valence-corrected chi connectivity index (χ3v) is 9.79. The monoisotopic (exact) mass is 536 g/mol. The molecule has 5 rings (SSSR count). The van der Waals surface area contributed by atoms with E-state index in [4.69, 9.17) is 9.47 Å². The van der Waals surface area contributed by atoms with Gasteiger partial charge in [-0.3, -0.25) is 0 Å². The average Bonchev–Trinajstić information content (AvgIpc) is 2.99. The summed E-state index contributed by atoms with van der Waals surface area (Å²) in [7, 11) is 0. The Labute approximate surface area is 234 Å². The van der Waals surface area contributed by atoms with Gasteiger partial charge < -0.3 is 9.47 Å². The van der Waals surface area contributed by atoms with Crippen molar-refractivity contribution in [2.45, 2.75) is 96.5 Å². The first-order chi connectivity index (χ1) is 19.1. The second-order valence-electron chi connectivity index (χ2n) is 12.2. The Morgan fingerprint density at radius 3 is 2.13 bits per heavy atom. The summed E-state index contributed by atoms with van der Waals surface area (Å²) in [6.45, 7) is 5.40. The molecule has 1 aliphatic heterocycles. The fraction of sp³-hybridized carbons (Fsp3) is 0.600. The van der Waals surface area contributed by atoms with Crippen LogP contribution in [-0.2, 0) is 4.74 Å². The predicted octanol–water partition coefficient (Wildman–Crippen LogP) is 9.87. The quantitative estimate of drug-likeness (QED) is 0.313. The molecule has 2 aromatic carbocycles. The Morgan fingerprint density at radius 1 is 0.795 bits per heavy atom. The SMILES string of the molecule is CC=CC1CCC(C2CCC(C3CCC(c4ccc(-c5ccc(OCCC)c(F)c5F)cc4)CC3)CO2)CC1. The van der Waals surface area contributed by atoms with Crippen LogP contribution in [0.2, 0.25) is 0 Å². The van der Waals surface area contributed by atoms with Crippen molar-refractivity contribution >= 4 is 0 Å². The minimum absolute atomic E-state index is 0.0161. The smallest absolute Gasteiger partial charge is 0.201 e. The molecule has 1 heterocycles. The van der Waals surface area contributed by atoms with Crippen molar-refractivity contribution in [3.05, 3.63) is 65.7 Å². The maximum atomic E-state index is 14.8. The first kappa shape index (κ1) is 28.3. The average molecular weight is 537 g/mol. The minimum Gasteiger partial charge on any atom is -0.490 e. The van der Waals surface area contributed by atoms with Gasteiger partial charge in [-0.2, -0.15) is 4.39 Å². The van der Waals surface area contributed by atoms with Gasteiger partial charge in [0.1, 0.15) is 0 Å². The van der Waals surface area contributed by atoms with Gasteiger partial charge in [-0.05, 0) is 130 Å². The Hall–Kier alpha value is -2.20. The van der Waals surface area contributed by atoms with Crippen LogP contribution < -0.4 is 4.74 Å². The molecule has 2 aromatic rings. The lowest BCUT2D eigenvalue weighted by Gasteiger charge is -2.41. The number of ether oxygens (including phenoxy) is 2. The molecule has 2 nitrogen and oxygen atoms in total. The lowest BCUT2D eigenvalue weighted by atomic mass is 9.71. The molecule has 3 aliphatic rings. The molecule has 2 unspecified atom stereocenters. The Bertz CT molecular complexity index is 1070. The van der Waals surface area contributed by atoms with E-state index in [0.29, 0.717) is 30.1 Å². The number of allylic oxidation sites excluding steroid dienone is 2. The summed E-state index contributed by atoms with van der Waals surface area (Å²) in [6.07, 6.45) is 18.6. The highest BCUT2D eigenvalue weighted by Gasteiger charge is 2.35. The van der Waals surface area contributed by atoms with Gasteiger partial charge in [0.05, 0.1) is 19.3 Å². The fourth-order valence-electron chi connectivity index (χ4n) is 7.45. The van der Waals surface area contributed by atoms with Crippen LogP contribution in [0.5, 0.6) is 5.75 Å². The molecule has 0 spiro atoms. The van der Waals surface area contributed by atoms with Crippen LogP contribution in [0.3, 0.4) is 0 Å². The maximum absolute atomic E-state index is 14.8. The molecule has 0 aromatic heterocycles. The van der Waals surface area contributed by atoms with E-state index in [-0.39, 0.29) is 11.3 Å². The van der Waals surface area contributed by atoms with Crippen LogP contribution in [0.4, 0.5) is 8.78 Å². The van der Waals surface area contributed by atoms with Gasteiger partial charge in [-0.1, -0.05) is 43.3 Å². The number of benzene rings is 2. The van der Waals surface area contributed by atoms with E-state index in [0.717, 1.165) is 30.8 Å². The normalized spacial score (nSPS) is 29.9. The third kappa shape index (κ3) is 6.76. The van der Waals surface area contributed by atoms with Crippen molar-refractivity contribution in [2.75, 3.05) is 13.2 Å². The van der Waals surface area contributed by atoms with Crippen LogP contribution in [-0.4, -0.2) is 19.3 Å². The van der Waals surface area contributed by atoms with Gasteiger partial charge in [-0.25, -0.2) is 4.39 Å². The zero-order valence-electron chi connectivity index (χ0n) is 23.8. The van der Waals surface area contributed by atoms with Crippen LogP contribution in [0, 0.1) is 35.3 Å². The molecule has 39 heavy (non-hydrogen) atoms. The Morgan fingerprint density at radius 2 is 1.49 bits per heavy atom. The molecule has 0 N–H and O–H groups in total. The number of rotatable bonds is 8. The van der Waals surface area contributed by atoms with Gasteiger partial charge in [0, 0.05) is 5.56 Å². The molecular weight excluding hydrogens is 490 g/mol. The van der Waals surface area contributed by atoms with E-state index in [1.54, 1.807) is 6.07 Å². The lowest BCUT2D eigenvalue weighted by Crippen LogP contribution is -2.37. The van der Waals surface area contributed by atoms with Gasteiger partial charge >= 0.3 is 0 Å². The highest BCUT2D eigenvalue weighted by atomic mass is 19.2. The number of hydrogen-bond donors (Lipinski definition) is 0. The molecule has 212 valence electrons. The summed E-state index contributed by atoms with van der Waals surface area (Å²) >= 11 is 0. The summed E-state index contributed by atoms with van der Waals surface area (Å²) in [5.41, 5.74) is 2.30. The van der Waals surface area contributed by atoms with Crippen LogP contribution in [0.15, 0.2) is 48.6 Å². The summed E-state index contributed by atoms with van der Waals surface area (Å²) in [6, 6.07) is 11.2. The first-order valence-electron chi connectivity index (χ1n) is 15.5. The standard InChI is InChI=1S/C35H46F2O2/c1-3-5-24-6-8-29(9-7-24)32-20-18-30(23-39-32)27-12-10-25(11-13-27)26-14-16-28(17-15-26)31-19-21-33(38-22-4-2)35(37)34(31)36/h3,5,14-17,19,21,24-25,27,29-30,32H,4,6-13,18,20,22-23H2,1-2H3. The predicted molar refractivity (Wildman–Crippen MR) is 155 cm³/mol. The summed E-state index contributed by atoms with van der Waals surface area (Å²) in [5.74, 6) is 1.83. The molecule has 0 amide bonds. The zero-order valence-corrected chi connectivity index (χ0v) is 23.8. The van der Waals surface area contributed by atoms with Crippen molar-refractivity contribution in [3.8, 4) is 16.9 Å². The molecule has 1 saturated heterocycles. The van der Waals surface area contributed by atoms with Crippen molar-refractivity contribution in [1.29, 1.82) is 0 Å². The summed E-state index contributed by atoms with van der Waals surface area (Å²) in [4.78, 5) is 0. The molecule has 2 aliphatic carbocycles. The minimum atomic E-state index is -0.904. The van der Waals surface area contributed by atoms with E-state index >= 15 is 0 Å². The van der Waals surface area contributed by atoms with Crippen LogP contribution >= 0.6 is 0 Å².